The van der Waals surface area contributed by atoms with E-state index in [0.29, 0.717) is 37.2 Å². The van der Waals surface area contributed by atoms with Gasteiger partial charge < -0.3 is 21.1 Å². The Kier molecular flexibility index (Phi) is 7.07. The average molecular weight is 555 g/mol. The summed E-state index contributed by atoms with van der Waals surface area (Å²) in [5.74, 6) is -6.86. The van der Waals surface area contributed by atoms with Gasteiger partial charge in [0, 0.05) is 49.0 Å². The minimum absolute atomic E-state index is 0.0170. The molecule has 1 saturated heterocycles. The molecule has 0 spiro atoms. The summed E-state index contributed by atoms with van der Waals surface area (Å²) in [7, 11) is 0. The molecule has 0 radical (unpaired) electrons. The number of carbonyl (C=O) groups is 2. The third-order valence-electron chi connectivity index (χ3n) is 6.35. The Hall–Kier alpha value is -5.01. The van der Waals surface area contributed by atoms with Crippen molar-refractivity contribution in [2.45, 2.75) is 18.9 Å². The highest BCUT2D eigenvalue weighted by Crippen LogP contribution is 2.37. The number of aromatic nitrogens is 4. The first-order chi connectivity index (χ1) is 19.1. The third kappa shape index (κ3) is 5.15. The van der Waals surface area contributed by atoms with Gasteiger partial charge in [-0.05, 0) is 25.0 Å². The summed E-state index contributed by atoms with van der Waals surface area (Å²) in [6.07, 6.45) is 4.56. The van der Waals surface area contributed by atoms with Crippen LogP contribution < -0.4 is 16.2 Å². The van der Waals surface area contributed by atoms with Crippen LogP contribution in [0.4, 0.5) is 23.4 Å². The van der Waals surface area contributed by atoms with Gasteiger partial charge in [-0.1, -0.05) is 0 Å². The molecule has 4 N–H and O–H groups in total. The van der Waals surface area contributed by atoms with Gasteiger partial charge in [-0.15, -0.1) is 0 Å². The SMILES string of the molecule is NC(=O)/C=C/C(=O)N1CCCC(n2nc(-c3ccc(Oc4cc(F)cc(F)c4F)cc3F)c3c(N)ncnc32)C1. The van der Waals surface area contributed by atoms with Crippen molar-refractivity contribution in [3.63, 3.8) is 0 Å². The molecule has 4 aromatic rings. The van der Waals surface area contributed by atoms with Crippen LogP contribution in [0.3, 0.4) is 0 Å². The second-order valence-corrected chi connectivity index (χ2v) is 9.01. The van der Waals surface area contributed by atoms with Crippen molar-refractivity contribution in [3.8, 4) is 22.8 Å². The lowest BCUT2D eigenvalue weighted by atomic mass is 10.1. The first kappa shape index (κ1) is 26.6. The maximum Gasteiger partial charge on any atom is 0.246 e. The Bertz CT molecular complexity index is 1670. The van der Waals surface area contributed by atoms with Crippen molar-refractivity contribution in [2.24, 2.45) is 5.73 Å². The zero-order valence-electron chi connectivity index (χ0n) is 20.7. The van der Waals surface area contributed by atoms with Crippen LogP contribution in [0.2, 0.25) is 0 Å². The summed E-state index contributed by atoms with van der Waals surface area (Å²) >= 11 is 0. The molecule has 5 rings (SSSR count). The smallest absolute Gasteiger partial charge is 0.246 e. The zero-order valence-corrected chi connectivity index (χ0v) is 20.7. The molecule has 14 heteroatoms. The molecule has 2 aromatic heterocycles. The lowest BCUT2D eigenvalue weighted by molar-refractivity contribution is -0.128. The Morgan fingerprint density at radius 3 is 2.60 bits per heavy atom. The number of fused-ring (bicyclic) bond motifs is 1. The molecule has 206 valence electrons. The number of halogens is 4. The number of likely N-dealkylation sites (tertiary alicyclic amines) is 1. The first-order valence-corrected chi connectivity index (χ1v) is 12.0. The zero-order chi connectivity index (χ0) is 28.6. The normalized spacial score (nSPS) is 15.6. The molecule has 1 aliphatic heterocycles. The first-order valence-electron chi connectivity index (χ1n) is 12.0. The van der Waals surface area contributed by atoms with Gasteiger partial charge in [0.05, 0.1) is 11.4 Å². The van der Waals surface area contributed by atoms with Crippen molar-refractivity contribution >= 4 is 28.7 Å². The fourth-order valence-electron chi connectivity index (χ4n) is 4.54. The van der Waals surface area contributed by atoms with E-state index in [1.54, 1.807) is 4.68 Å². The number of nitrogen functional groups attached to an aromatic ring is 1. The lowest BCUT2D eigenvalue weighted by Crippen LogP contribution is -2.40. The van der Waals surface area contributed by atoms with Gasteiger partial charge >= 0.3 is 0 Å². The van der Waals surface area contributed by atoms with E-state index in [0.717, 1.165) is 18.2 Å². The molecular formula is C26H21F4N7O3. The van der Waals surface area contributed by atoms with Crippen LogP contribution in [-0.4, -0.2) is 49.6 Å². The predicted octanol–water partition coefficient (Wildman–Crippen LogP) is 3.63. The number of carbonyl (C=O) groups excluding carboxylic acids is 2. The number of ether oxygens (including phenoxy) is 1. The molecular weight excluding hydrogens is 534 g/mol. The van der Waals surface area contributed by atoms with Gasteiger partial charge in [-0.3, -0.25) is 9.59 Å². The molecule has 3 heterocycles. The number of anilines is 1. The second-order valence-electron chi connectivity index (χ2n) is 9.01. The topological polar surface area (TPSA) is 142 Å². The predicted molar refractivity (Wildman–Crippen MR) is 135 cm³/mol. The number of amides is 2. The van der Waals surface area contributed by atoms with Crippen molar-refractivity contribution in [1.29, 1.82) is 0 Å². The van der Waals surface area contributed by atoms with Crippen LogP contribution in [0.15, 0.2) is 48.8 Å². The average Bonchev–Trinajstić information content (AvgIpc) is 3.31. The highest BCUT2D eigenvalue weighted by molar-refractivity contribution is 5.98. The van der Waals surface area contributed by atoms with E-state index in [9.17, 15) is 22.8 Å². The molecule has 40 heavy (non-hydrogen) atoms. The summed E-state index contributed by atoms with van der Waals surface area (Å²) < 4.78 is 63.2. The van der Waals surface area contributed by atoms with Gasteiger partial charge in [-0.2, -0.15) is 9.49 Å². The number of nitrogens with zero attached hydrogens (tertiary/aromatic N) is 5. The molecule has 1 aliphatic rings. The molecule has 1 atom stereocenters. The largest absolute Gasteiger partial charge is 0.454 e. The van der Waals surface area contributed by atoms with Crippen LogP contribution in [0.1, 0.15) is 18.9 Å². The molecule has 1 fully saturated rings. The maximum absolute atomic E-state index is 15.4. The van der Waals surface area contributed by atoms with E-state index >= 15 is 4.39 Å². The Morgan fingerprint density at radius 2 is 1.85 bits per heavy atom. The van der Waals surface area contributed by atoms with Crippen LogP contribution in [0.25, 0.3) is 22.3 Å². The van der Waals surface area contributed by atoms with E-state index < -0.39 is 40.8 Å². The van der Waals surface area contributed by atoms with Crippen LogP contribution in [0, 0.1) is 23.3 Å². The highest BCUT2D eigenvalue weighted by atomic mass is 19.2. The summed E-state index contributed by atoms with van der Waals surface area (Å²) in [6, 6.07) is 4.12. The van der Waals surface area contributed by atoms with Crippen molar-refractivity contribution in [2.75, 3.05) is 18.8 Å². The Labute approximate surface area is 223 Å². The lowest BCUT2D eigenvalue weighted by Gasteiger charge is -2.32. The molecule has 0 aliphatic carbocycles. The molecule has 0 saturated carbocycles. The van der Waals surface area contributed by atoms with E-state index in [-0.39, 0.29) is 40.8 Å². The summed E-state index contributed by atoms with van der Waals surface area (Å²) in [5.41, 5.74) is 11.6. The second kappa shape index (κ2) is 10.6. The standard InChI is InChI=1S/C26H21F4N7O3/c27-13-8-18(29)23(30)19(9-13)40-15-3-4-16(17(28)10-15)24-22-25(32)33-12-34-26(22)37(35-24)14-2-1-7-36(11-14)21(39)6-5-20(31)38/h3-6,8-10,12,14H,1-2,7,11H2,(H2,31,38)(H2,32,33,34)/b6-5+. The highest BCUT2D eigenvalue weighted by Gasteiger charge is 2.29. The number of benzene rings is 2. The van der Waals surface area contributed by atoms with E-state index in [1.807, 2.05) is 0 Å². The number of primary amides is 1. The summed E-state index contributed by atoms with van der Waals surface area (Å²) in [5, 5.41) is 4.86. The number of rotatable bonds is 6. The van der Waals surface area contributed by atoms with E-state index in [2.05, 4.69) is 15.1 Å². The van der Waals surface area contributed by atoms with Crippen LogP contribution in [-0.2, 0) is 9.59 Å². The molecule has 1 unspecified atom stereocenters. The summed E-state index contributed by atoms with van der Waals surface area (Å²) in [4.78, 5) is 33.4. The van der Waals surface area contributed by atoms with E-state index in [1.165, 1.54) is 23.4 Å². The quantitative estimate of drug-likeness (QED) is 0.210. The monoisotopic (exact) mass is 555 g/mol. The Balaban J connectivity index is 1.49. The molecule has 10 nitrogen and oxygen atoms in total. The number of hydrogen-bond donors (Lipinski definition) is 2. The van der Waals surface area contributed by atoms with Crippen molar-refractivity contribution < 1.29 is 31.9 Å². The van der Waals surface area contributed by atoms with Crippen molar-refractivity contribution in [1.82, 2.24) is 24.6 Å². The molecule has 2 aromatic carbocycles. The fraction of sp³-hybridized carbons (Fsp3) is 0.192. The fourth-order valence-corrected chi connectivity index (χ4v) is 4.54. The maximum atomic E-state index is 15.4. The van der Waals surface area contributed by atoms with Gasteiger partial charge in [0.1, 0.15) is 35.2 Å². The van der Waals surface area contributed by atoms with Gasteiger partial charge in [-0.25, -0.2) is 27.8 Å². The third-order valence-corrected chi connectivity index (χ3v) is 6.35. The minimum atomic E-state index is -1.45. The molecule has 2 amide bonds. The van der Waals surface area contributed by atoms with Crippen molar-refractivity contribution in [3.05, 3.63) is 72.1 Å². The minimum Gasteiger partial charge on any atom is -0.454 e. The number of nitrogens with two attached hydrogens (primary N) is 2. The van der Waals surface area contributed by atoms with Gasteiger partial charge in [0.15, 0.2) is 17.2 Å². The Morgan fingerprint density at radius 1 is 1.05 bits per heavy atom. The molecule has 0 bridgehead atoms. The van der Waals surface area contributed by atoms with Crippen LogP contribution in [0.5, 0.6) is 11.5 Å². The van der Waals surface area contributed by atoms with Gasteiger partial charge in [0.2, 0.25) is 17.6 Å². The number of piperidine rings is 1. The van der Waals surface area contributed by atoms with Crippen LogP contribution >= 0.6 is 0 Å². The van der Waals surface area contributed by atoms with E-state index in [4.69, 9.17) is 16.2 Å². The number of hydrogen-bond acceptors (Lipinski definition) is 7. The summed E-state index contributed by atoms with van der Waals surface area (Å²) in [6.45, 7) is 0.681. The van der Waals surface area contributed by atoms with Gasteiger partial charge in [0.25, 0.3) is 0 Å².